The molecule has 2 atom stereocenters. The number of morpholine rings is 1. The fourth-order valence-electron chi connectivity index (χ4n) is 2.92. The average Bonchev–Trinajstić information content (AvgIpc) is 3.17. The van der Waals surface area contributed by atoms with Crippen molar-refractivity contribution in [2.24, 2.45) is 0 Å². The van der Waals surface area contributed by atoms with Gasteiger partial charge >= 0.3 is 6.18 Å². The monoisotopic (exact) mass is 374 g/mol. The molecule has 10 heteroatoms. The van der Waals surface area contributed by atoms with E-state index in [1.165, 1.54) is 54.1 Å². The van der Waals surface area contributed by atoms with E-state index < -0.39 is 29.8 Å². The zero-order valence-corrected chi connectivity index (χ0v) is 14.6. The number of hydrogen-bond acceptors (Lipinski definition) is 5. The van der Waals surface area contributed by atoms with E-state index in [4.69, 9.17) is 4.74 Å². The van der Waals surface area contributed by atoms with Crippen LogP contribution in [-0.2, 0) is 4.74 Å². The first-order valence-corrected chi connectivity index (χ1v) is 8.47. The van der Waals surface area contributed by atoms with Crippen LogP contribution in [0.3, 0.4) is 0 Å². The molecule has 0 radical (unpaired) electrons. The zero-order chi connectivity index (χ0) is 18.4. The normalized spacial score (nSPS) is 23.7. The summed E-state index contributed by atoms with van der Waals surface area (Å²) in [7, 11) is 0. The minimum Gasteiger partial charge on any atom is -0.362 e. The molecule has 1 amide bonds. The maximum absolute atomic E-state index is 13.4. The molecule has 3 heterocycles. The summed E-state index contributed by atoms with van der Waals surface area (Å²) in [5.74, 6) is -0.516. The van der Waals surface area contributed by atoms with Gasteiger partial charge in [-0.1, -0.05) is 0 Å². The number of halogens is 3. The number of carbonyl (C=O) groups is 1. The van der Waals surface area contributed by atoms with Gasteiger partial charge in [0.05, 0.1) is 23.4 Å². The fourth-order valence-corrected chi connectivity index (χ4v) is 3.49. The van der Waals surface area contributed by atoms with Crippen molar-refractivity contribution in [3.63, 3.8) is 0 Å². The number of nitrogens with zero attached hydrogens (tertiary/aromatic N) is 4. The van der Waals surface area contributed by atoms with Gasteiger partial charge in [0.2, 0.25) is 5.13 Å². The molecule has 25 heavy (non-hydrogen) atoms. The molecule has 1 saturated heterocycles. The second-order valence-electron chi connectivity index (χ2n) is 6.43. The topological polar surface area (TPSA) is 60.2 Å². The van der Waals surface area contributed by atoms with Crippen LogP contribution in [0.15, 0.2) is 24.0 Å². The number of thiazole rings is 1. The van der Waals surface area contributed by atoms with Crippen LogP contribution in [-0.4, -0.2) is 56.0 Å². The molecule has 3 rings (SSSR count). The first-order valence-electron chi connectivity index (χ1n) is 7.59. The van der Waals surface area contributed by atoms with Crippen molar-refractivity contribution in [1.29, 1.82) is 0 Å². The molecule has 0 aromatic carbocycles. The first-order chi connectivity index (χ1) is 11.6. The molecule has 2 aromatic heterocycles. The van der Waals surface area contributed by atoms with E-state index in [1.807, 2.05) is 0 Å². The van der Waals surface area contributed by atoms with Gasteiger partial charge in [-0.25, -0.2) is 9.67 Å². The number of rotatable bonds is 2. The minimum atomic E-state index is -4.57. The molecule has 136 valence electrons. The van der Waals surface area contributed by atoms with Crippen molar-refractivity contribution in [2.75, 3.05) is 6.54 Å². The number of aromatic nitrogens is 3. The van der Waals surface area contributed by atoms with Crippen molar-refractivity contribution in [1.82, 2.24) is 19.7 Å². The first kappa shape index (κ1) is 17.9. The largest absolute Gasteiger partial charge is 0.416 e. The molecule has 0 bridgehead atoms. The number of hydrogen-bond donors (Lipinski definition) is 0. The Kier molecular flexibility index (Phi) is 4.36. The fraction of sp³-hybridized carbons (Fsp3) is 0.533. The molecule has 6 nitrogen and oxygen atoms in total. The standard InChI is InChI=1S/C15H17F3N4O2S/c1-9-7-21(14(2,3)12(24-9)15(16,17)18)11(23)10-6-20-22(8-10)13-19-4-5-25-13/h4-6,8-9,12H,7H2,1-3H3. The Labute approximate surface area is 146 Å². The molecule has 0 spiro atoms. The Hall–Kier alpha value is -1.94. The molecule has 2 aromatic rings. The average molecular weight is 374 g/mol. The van der Waals surface area contributed by atoms with Gasteiger partial charge in [-0.2, -0.15) is 18.3 Å². The van der Waals surface area contributed by atoms with E-state index in [0.29, 0.717) is 5.13 Å². The molecular weight excluding hydrogens is 357 g/mol. The summed E-state index contributed by atoms with van der Waals surface area (Å²) in [6.45, 7) is 4.31. The number of amides is 1. The van der Waals surface area contributed by atoms with Crippen LogP contribution in [0.2, 0.25) is 0 Å². The smallest absolute Gasteiger partial charge is 0.362 e. The van der Waals surface area contributed by atoms with Crippen LogP contribution in [0.25, 0.3) is 5.13 Å². The van der Waals surface area contributed by atoms with E-state index in [1.54, 1.807) is 11.6 Å². The Bertz CT molecular complexity index is 757. The van der Waals surface area contributed by atoms with Crippen molar-refractivity contribution >= 4 is 17.2 Å². The maximum atomic E-state index is 13.4. The minimum absolute atomic E-state index is 0.0703. The lowest BCUT2D eigenvalue weighted by Crippen LogP contribution is -2.66. The van der Waals surface area contributed by atoms with Gasteiger partial charge in [0.25, 0.3) is 5.91 Å². The third-order valence-electron chi connectivity index (χ3n) is 4.13. The van der Waals surface area contributed by atoms with Crippen molar-refractivity contribution < 1.29 is 22.7 Å². The quantitative estimate of drug-likeness (QED) is 0.811. The van der Waals surface area contributed by atoms with Gasteiger partial charge in [-0.15, -0.1) is 11.3 Å². The third kappa shape index (κ3) is 3.28. The van der Waals surface area contributed by atoms with E-state index in [2.05, 4.69) is 10.1 Å². The van der Waals surface area contributed by atoms with Crippen LogP contribution in [0.4, 0.5) is 13.2 Å². The highest BCUT2D eigenvalue weighted by molar-refractivity contribution is 7.12. The Balaban J connectivity index is 1.90. The second kappa shape index (κ2) is 6.10. The summed E-state index contributed by atoms with van der Waals surface area (Å²) < 4.78 is 46.6. The van der Waals surface area contributed by atoms with Gasteiger partial charge in [0.1, 0.15) is 0 Å². The van der Waals surface area contributed by atoms with Crippen molar-refractivity contribution in [3.05, 3.63) is 29.5 Å². The third-order valence-corrected chi connectivity index (χ3v) is 4.89. The number of alkyl halides is 3. The van der Waals surface area contributed by atoms with Gasteiger partial charge in [-0.3, -0.25) is 4.79 Å². The van der Waals surface area contributed by atoms with E-state index >= 15 is 0 Å². The predicted octanol–water partition coefficient (Wildman–Crippen LogP) is 2.90. The van der Waals surface area contributed by atoms with E-state index in [0.717, 1.165) is 0 Å². The van der Waals surface area contributed by atoms with Gasteiger partial charge < -0.3 is 9.64 Å². The van der Waals surface area contributed by atoms with Crippen LogP contribution in [0, 0.1) is 0 Å². The molecular formula is C15H17F3N4O2S. The van der Waals surface area contributed by atoms with Crippen LogP contribution >= 0.6 is 11.3 Å². The summed E-state index contributed by atoms with van der Waals surface area (Å²) in [5, 5.41) is 6.41. The van der Waals surface area contributed by atoms with Crippen molar-refractivity contribution in [3.8, 4) is 5.13 Å². The summed E-state index contributed by atoms with van der Waals surface area (Å²) in [4.78, 5) is 18.1. The highest BCUT2D eigenvalue weighted by Gasteiger charge is 2.57. The lowest BCUT2D eigenvalue weighted by Gasteiger charge is -2.50. The molecule has 0 N–H and O–H groups in total. The van der Waals surface area contributed by atoms with Gasteiger partial charge in [0, 0.05) is 24.3 Å². The lowest BCUT2D eigenvalue weighted by atomic mass is 9.90. The van der Waals surface area contributed by atoms with E-state index in [9.17, 15) is 18.0 Å². The van der Waals surface area contributed by atoms with Crippen LogP contribution in [0.5, 0.6) is 0 Å². The highest BCUT2D eigenvalue weighted by Crippen LogP contribution is 2.39. The molecule has 2 unspecified atom stereocenters. The Morgan fingerprint density at radius 3 is 2.76 bits per heavy atom. The summed E-state index contributed by atoms with van der Waals surface area (Å²) >= 11 is 1.34. The van der Waals surface area contributed by atoms with Gasteiger partial charge in [-0.05, 0) is 20.8 Å². The Morgan fingerprint density at radius 1 is 1.44 bits per heavy atom. The molecule has 1 fully saturated rings. The van der Waals surface area contributed by atoms with Crippen molar-refractivity contribution in [2.45, 2.75) is 44.7 Å². The maximum Gasteiger partial charge on any atom is 0.416 e. The van der Waals surface area contributed by atoms with Crippen LogP contribution in [0.1, 0.15) is 31.1 Å². The molecule has 1 aliphatic rings. The molecule has 0 saturated carbocycles. The zero-order valence-electron chi connectivity index (χ0n) is 13.8. The second-order valence-corrected chi connectivity index (χ2v) is 7.30. The lowest BCUT2D eigenvalue weighted by molar-refractivity contribution is -0.279. The number of carbonyl (C=O) groups excluding carboxylic acids is 1. The SMILES string of the molecule is CC1CN(C(=O)c2cnn(-c3nccs3)c2)C(C)(C)C(C(F)(F)F)O1. The van der Waals surface area contributed by atoms with Gasteiger partial charge in [0.15, 0.2) is 6.10 Å². The molecule has 0 aliphatic carbocycles. The highest BCUT2D eigenvalue weighted by atomic mass is 32.1. The summed E-state index contributed by atoms with van der Waals surface area (Å²) in [6.07, 6.45) is -2.94. The predicted molar refractivity (Wildman–Crippen MR) is 84.7 cm³/mol. The summed E-state index contributed by atoms with van der Waals surface area (Å²) in [6, 6.07) is 0. The summed E-state index contributed by atoms with van der Waals surface area (Å²) in [5.41, 5.74) is -1.33. The Morgan fingerprint density at radius 2 is 2.16 bits per heavy atom. The van der Waals surface area contributed by atoms with Crippen LogP contribution < -0.4 is 0 Å². The number of ether oxygens (including phenoxy) is 1. The van der Waals surface area contributed by atoms with E-state index in [-0.39, 0.29) is 12.1 Å². The molecule has 1 aliphatic heterocycles.